The standard InChI is InChI=1S/C15H19F3N2O/c1-10(19)11-6-8-20(9-7-11)14(21)12-4-2-3-5-13(12)15(16,17)18/h2-5,10-11H,6-9,19H2,1H3. The molecule has 1 aliphatic heterocycles. The van der Waals surface area contributed by atoms with Gasteiger partial charge in [-0.2, -0.15) is 13.2 Å². The van der Waals surface area contributed by atoms with Crippen LogP contribution in [0.15, 0.2) is 24.3 Å². The predicted octanol–water partition coefficient (Wildman–Crippen LogP) is 2.90. The van der Waals surface area contributed by atoms with Crippen molar-refractivity contribution in [3.8, 4) is 0 Å². The first-order valence-electron chi connectivity index (χ1n) is 7.01. The number of benzene rings is 1. The Hall–Kier alpha value is -1.56. The van der Waals surface area contributed by atoms with Crippen molar-refractivity contribution >= 4 is 5.91 Å². The number of alkyl halides is 3. The Kier molecular flexibility index (Phi) is 4.56. The van der Waals surface area contributed by atoms with Crippen LogP contribution in [0.25, 0.3) is 0 Å². The molecule has 1 atom stereocenters. The van der Waals surface area contributed by atoms with Gasteiger partial charge in [0.2, 0.25) is 0 Å². The van der Waals surface area contributed by atoms with Gasteiger partial charge in [0.05, 0.1) is 11.1 Å². The Morgan fingerprint density at radius 2 is 1.86 bits per heavy atom. The van der Waals surface area contributed by atoms with E-state index in [4.69, 9.17) is 5.73 Å². The molecule has 0 spiro atoms. The van der Waals surface area contributed by atoms with Crippen LogP contribution in [0.4, 0.5) is 13.2 Å². The minimum atomic E-state index is -4.52. The number of rotatable bonds is 2. The summed E-state index contributed by atoms with van der Waals surface area (Å²) in [6.45, 7) is 2.83. The molecular weight excluding hydrogens is 281 g/mol. The SMILES string of the molecule is CC(N)C1CCN(C(=O)c2ccccc2C(F)(F)F)CC1. The molecule has 116 valence electrons. The van der Waals surface area contributed by atoms with Crippen molar-refractivity contribution < 1.29 is 18.0 Å². The second-order valence-corrected chi connectivity index (χ2v) is 5.53. The van der Waals surface area contributed by atoms with Crippen LogP contribution >= 0.6 is 0 Å². The van der Waals surface area contributed by atoms with Crippen LogP contribution in [0.2, 0.25) is 0 Å². The first-order chi connectivity index (χ1) is 9.80. The van der Waals surface area contributed by atoms with Crippen LogP contribution in [-0.4, -0.2) is 29.9 Å². The molecule has 1 fully saturated rings. The van der Waals surface area contributed by atoms with Gasteiger partial charge in [-0.15, -0.1) is 0 Å². The number of nitrogens with zero attached hydrogens (tertiary/aromatic N) is 1. The molecule has 1 aromatic carbocycles. The second-order valence-electron chi connectivity index (χ2n) is 5.53. The fourth-order valence-corrected chi connectivity index (χ4v) is 2.72. The third-order valence-corrected chi connectivity index (χ3v) is 4.03. The van der Waals surface area contributed by atoms with Crippen LogP contribution in [0, 0.1) is 5.92 Å². The topological polar surface area (TPSA) is 46.3 Å². The Morgan fingerprint density at radius 3 is 2.38 bits per heavy atom. The highest BCUT2D eigenvalue weighted by molar-refractivity contribution is 5.96. The molecule has 3 nitrogen and oxygen atoms in total. The fourth-order valence-electron chi connectivity index (χ4n) is 2.72. The van der Waals surface area contributed by atoms with Crippen molar-refractivity contribution in [3.63, 3.8) is 0 Å². The average Bonchev–Trinajstić information content (AvgIpc) is 2.45. The number of piperidine rings is 1. The van der Waals surface area contributed by atoms with E-state index in [-0.39, 0.29) is 11.6 Å². The van der Waals surface area contributed by atoms with E-state index in [1.807, 2.05) is 6.92 Å². The summed E-state index contributed by atoms with van der Waals surface area (Å²) in [5.74, 6) is -0.224. The van der Waals surface area contributed by atoms with Gasteiger partial charge in [-0.1, -0.05) is 12.1 Å². The average molecular weight is 300 g/mol. The molecule has 1 aliphatic rings. The molecule has 0 saturated carbocycles. The first-order valence-corrected chi connectivity index (χ1v) is 7.01. The van der Waals surface area contributed by atoms with E-state index in [2.05, 4.69) is 0 Å². The summed E-state index contributed by atoms with van der Waals surface area (Å²) in [6.07, 6.45) is -3.05. The highest BCUT2D eigenvalue weighted by atomic mass is 19.4. The number of amides is 1. The predicted molar refractivity (Wildman–Crippen MR) is 73.7 cm³/mol. The summed E-state index contributed by atoms with van der Waals surface area (Å²) in [6, 6.07) is 4.98. The lowest BCUT2D eigenvalue weighted by atomic mass is 9.90. The fraction of sp³-hybridized carbons (Fsp3) is 0.533. The molecular formula is C15H19F3N2O. The van der Waals surface area contributed by atoms with Crippen molar-refractivity contribution in [2.45, 2.75) is 32.0 Å². The molecule has 0 aliphatic carbocycles. The molecule has 2 rings (SSSR count). The summed E-state index contributed by atoms with van der Waals surface area (Å²) in [4.78, 5) is 13.8. The zero-order valence-corrected chi connectivity index (χ0v) is 11.9. The zero-order chi connectivity index (χ0) is 15.6. The molecule has 1 unspecified atom stereocenters. The van der Waals surface area contributed by atoms with Gasteiger partial charge in [-0.05, 0) is 37.8 Å². The van der Waals surface area contributed by atoms with Crippen LogP contribution in [0.3, 0.4) is 0 Å². The molecule has 1 aromatic rings. The van der Waals surface area contributed by atoms with Crippen molar-refractivity contribution in [2.75, 3.05) is 13.1 Å². The monoisotopic (exact) mass is 300 g/mol. The lowest BCUT2D eigenvalue weighted by molar-refractivity contribution is -0.138. The second kappa shape index (κ2) is 6.05. The van der Waals surface area contributed by atoms with Gasteiger partial charge >= 0.3 is 6.18 Å². The summed E-state index contributed by atoms with van der Waals surface area (Å²) >= 11 is 0. The van der Waals surface area contributed by atoms with Gasteiger partial charge in [0.25, 0.3) is 5.91 Å². The number of likely N-dealkylation sites (tertiary alicyclic amines) is 1. The molecule has 0 bridgehead atoms. The number of halogens is 3. The van der Waals surface area contributed by atoms with Gasteiger partial charge in [0.1, 0.15) is 0 Å². The molecule has 1 saturated heterocycles. The highest BCUT2D eigenvalue weighted by Gasteiger charge is 2.36. The third-order valence-electron chi connectivity index (χ3n) is 4.03. The van der Waals surface area contributed by atoms with Crippen LogP contribution in [0.5, 0.6) is 0 Å². The lowest BCUT2D eigenvalue weighted by Gasteiger charge is -2.34. The molecule has 0 aromatic heterocycles. The normalized spacial score (nSPS) is 18.6. The maximum atomic E-state index is 13.0. The van der Waals surface area contributed by atoms with Crippen LogP contribution in [0.1, 0.15) is 35.7 Å². The largest absolute Gasteiger partial charge is 0.417 e. The Balaban J connectivity index is 2.15. The Labute approximate surface area is 121 Å². The third kappa shape index (κ3) is 3.56. The molecule has 21 heavy (non-hydrogen) atoms. The quantitative estimate of drug-likeness (QED) is 0.913. The van der Waals surface area contributed by atoms with Gasteiger partial charge in [0, 0.05) is 19.1 Å². The minimum absolute atomic E-state index is 0.0460. The van der Waals surface area contributed by atoms with E-state index in [1.54, 1.807) is 0 Å². The van der Waals surface area contributed by atoms with E-state index in [0.29, 0.717) is 19.0 Å². The van der Waals surface area contributed by atoms with Crippen molar-refractivity contribution in [1.29, 1.82) is 0 Å². The molecule has 1 heterocycles. The van der Waals surface area contributed by atoms with E-state index in [0.717, 1.165) is 18.9 Å². The van der Waals surface area contributed by atoms with E-state index in [1.165, 1.54) is 23.1 Å². The maximum Gasteiger partial charge on any atom is 0.417 e. The van der Waals surface area contributed by atoms with Gasteiger partial charge < -0.3 is 10.6 Å². The van der Waals surface area contributed by atoms with Crippen LogP contribution in [-0.2, 0) is 6.18 Å². The molecule has 1 amide bonds. The van der Waals surface area contributed by atoms with Crippen LogP contribution < -0.4 is 5.73 Å². The van der Waals surface area contributed by atoms with Gasteiger partial charge in [-0.25, -0.2) is 0 Å². The molecule has 2 N–H and O–H groups in total. The smallest absolute Gasteiger partial charge is 0.339 e. The minimum Gasteiger partial charge on any atom is -0.339 e. The summed E-state index contributed by atoms with van der Waals surface area (Å²) in [7, 11) is 0. The summed E-state index contributed by atoms with van der Waals surface area (Å²) < 4.78 is 38.9. The van der Waals surface area contributed by atoms with Crippen molar-refractivity contribution in [2.24, 2.45) is 11.7 Å². The van der Waals surface area contributed by atoms with E-state index in [9.17, 15) is 18.0 Å². The van der Waals surface area contributed by atoms with E-state index < -0.39 is 17.6 Å². The highest BCUT2D eigenvalue weighted by Crippen LogP contribution is 2.33. The summed E-state index contributed by atoms with van der Waals surface area (Å²) in [5, 5.41) is 0. The molecule has 6 heteroatoms. The van der Waals surface area contributed by atoms with Crippen molar-refractivity contribution in [1.82, 2.24) is 4.90 Å². The Bertz CT molecular complexity index is 506. The number of hydrogen-bond donors (Lipinski definition) is 1. The maximum absolute atomic E-state index is 13.0. The molecule has 0 radical (unpaired) electrons. The number of nitrogens with two attached hydrogens (primary N) is 1. The van der Waals surface area contributed by atoms with E-state index >= 15 is 0 Å². The van der Waals surface area contributed by atoms with Gasteiger partial charge in [-0.3, -0.25) is 4.79 Å². The Morgan fingerprint density at radius 1 is 1.29 bits per heavy atom. The van der Waals surface area contributed by atoms with Crippen molar-refractivity contribution in [3.05, 3.63) is 35.4 Å². The number of carbonyl (C=O) groups excluding carboxylic acids is 1. The van der Waals surface area contributed by atoms with Gasteiger partial charge in [0.15, 0.2) is 0 Å². The first kappa shape index (κ1) is 15.8. The number of carbonyl (C=O) groups is 1. The zero-order valence-electron chi connectivity index (χ0n) is 11.9. The summed E-state index contributed by atoms with van der Waals surface area (Å²) in [5.41, 5.74) is 4.68. The number of hydrogen-bond acceptors (Lipinski definition) is 2. The lowest BCUT2D eigenvalue weighted by Crippen LogP contribution is -2.43.